The second-order valence-corrected chi connectivity index (χ2v) is 9.70. The van der Waals surface area contributed by atoms with Crippen LogP contribution in [0.5, 0.6) is 0 Å². The first-order valence-electron chi connectivity index (χ1n) is 10.1. The van der Waals surface area contributed by atoms with Crippen LogP contribution in [0.2, 0.25) is 0 Å². The third-order valence-electron chi connectivity index (χ3n) is 5.07. The number of benzene rings is 1. The number of aromatic nitrogens is 5. The van der Waals surface area contributed by atoms with Crippen molar-refractivity contribution in [2.24, 2.45) is 5.92 Å². The summed E-state index contributed by atoms with van der Waals surface area (Å²) in [5.41, 5.74) is 7.87. The molecule has 3 aromatic heterocycles. The van der Waals surface area contributed by atoms with Crippen LogP contribution in [0.25, 0.3) is 10.8 Å². The Morgan fingerprint density at radius 2 is 2.06 bits per heavy atom. The van der Waals surface area contributed by atoms with E-state index in [1.165, 1.54) is 40.8 Å². The van der Waals surface area contributed by atoms with E-state index in [4.69, 9.17) is 10.2 Å². The maximum atomic E-state index is 13.1. The Hall–Kier alpha value is -3.05. The van der Waals surface area contributed by atoms with Crippen LogP contribution in [0.4, 0.5) is 22.0 Å². The van der Waals surface area contributed by atoms with Crippen molar-refractivity contribution in [1.82, 2.24) is 25.1 Å². The van der Waals surface area contributed by atoms with E-state index in [1.54, 1.807) is 23.5 Å². The summed E-state index contributed by atoms with van der Waals surface area (Å²) in [6.45, 7) is 2.29. The molecule has 0 bridgehead atoms. The number of rotatable bonds is 6. The highest BCUT2D eigenvalue weighted by Gasteiger charge is 2.21. The molecule has 3 heterocycles. The van der Waals surface area contributed by atoms with Crippen molar-refractivity contribution in [2.45, 2.75) is 37.2 Å². The fraction of sp³-hybridized carbons (Fsp3) is 0.286. The summed E-state index contributed by atoms with van der Waals surface area (Å²) in [7, 11) is 0. The van der Waals surface area contributed by atoms with Crippen LogP contribution >= 0.6 is 23.1 Å². The first-order valence-corrected chi connectivity index (χ1v) is 11.9. The van der Waals surface area contributed by atoms with E-state index in [9.17, 15) is 4.39 Å². The second-order valence-electron chi connectivity index (χ2n) is 7.63. The van der Waals surface area contributed by atoms with Gasteiger partial charge in [0.15, 0.2) is 0 Å². The van der Waals surface area contributed by atoms with Gasteiger partial charge in [0.25, 0.3) is 11.1 Å². The average Bonchev–Trinajstić information content (AvgIpc) is 3.40. The number of nitrogens with one attached hydrogen (secondary N) is 1. The molecule has 0 fully saturated rings. The molecule has 11 heteroatoms. The van der Waals surface area contributed by atoms with Gasteiger partial charge in [-0.25, -0.2) is 4.39 Å². The monoisotopic (exact) mass is 469 g/mol. The van der Waals surface area contributed by atoms with E-state index in [0.29, 0.717) is 34.3 Å². The average molecular weight is 470 g/mol. The van der Waals surface area contributed by atoms with Gasteiger partial charge in [-0.3, -0.25) is 0 Å². The number of fused-ring (bicyclic) bond motifs is 1. The van der Waals surface area contributed by atoms with Crippen LogP contribution in [-0.2, 0) is 18.6 Å². The van der Waals surface area contributed by atoms with E-state index in [2.05, 4.69) is 43.5 Å². The van der Waals surface area contributed by atoms with Gasteiger partial charge in [-0.15, -0.1) is 21.5 Å². The van der Waals surface area contributed by atoms with Crippen LogP contribution in [0, 0.1) is 11.7 Å². The number of anilines is 3. The van der Waals surface area contributed by atoms with E-state index >= 15 is 0 Å². The van der Waals surface area contributed by atoms with Gasteiger partial charge < -0.3 is 15.5 Å². The van der Waals surface area contributed by atoms with E-state index in [-0.39, 0.29) is 17.7 Å². The third-order valence-corrected chi connectivity index (χ3v) is 7.11. The zero-order valence-corrected chi connectivity index (χ0v) is 18.8. The van der Waals surface area contributed by atoms with Crippen LogP contribution in [0.15, 0.2) is 40.0 Å². The Labute approximate surface area is 191 Å². The molecular weight excluding hydrogens is 449 g/mol. The number of nitrogens with zero attached hydrogens (tertiary/aromatic N) is 5. The maximum Gasteiger partial charge on any atom is 0.277 e. The Morgan fingerprint density at radius 1 is 1.22 bits per heavy atom. The number of aryl methyl sites for hydroxylation is 1. The lowest BCUT2D eigenvalue weighted by Gasteiger charge is -2.16. The molecule has 1 aliphatic carbocycles. The molecule has 4 aromatic rings. The number of nitrogens with two attached hydrogens (primary N) is 1. The minimum absolute atomic E-state index is 0.0878. The van der Waals surface area contributed by atoms with Crippen molar-refractivity contribution < 1.29 is 8.81 Å². The lowest BCUT2D eigenvalue weighted by Crippen LogP contribution is -2.07. The molecule has 5 rings (SSSR count). The van der Waals surface area contributed by atoms with Gasteiger partial charge in [0.05, 0.1) is 10.6 Å². The number of thioether (sulfide) groups is 1. The molecule has 0 saturated carbocycles. The fourth-order valence-electron chi connectivity index (χ4n) is 3.53. The van der Waals surface area contributed by atoms with Crippen molar-refractivity contribution in [3.8, 4) is 10.8 Å². The molecule has 0 amide bonds. The van der Waals surface area contributed by atoms with Gasteiger partial charge in [0.2, 0.25) is 11.9 Å². The van der Waals surface area contributed by atoms with Crippen molar-refractivity contribution in [3.63, 3.8) is 0 Å². The third kappa shape index (κ3) is 4.73. The van der Waals surface area contributed by atoms with Crippen molar-refractivity contribution in [2.75, 3.05) is 11.1 Å². The number of nitrogen functional groups attached to an aromatic ring is 1. The summed E-state index contributed by atoms with van der Waals surface area (Å²) in [5, 5.41) is 11.8. The highest BCUT2D eigenvalue weighted by Crippen LogP contribution is 2.37. The Kier molecular flexibility index (Phi) is 5.75. The number of hydrogen-bond donors (Lipinski definition) is 2. The van der Waals surface area contributed by atoms with Gasteiger partial charge in [0, 0.05) is 10.6 Å². The molecule has 0 saturated heterocycles. The van der Waals surface area contributed by atoms with Gasteiger partial charge in [-0.2, -0.15) is 15.0 Å². The first-order chi connectivity index (χ1) is 15.5. The van der Waals surface area contributed by atoms with E-state index in [0.717, 1.165) is 17.7 Å². The predicted octanol–water partition coefficient (Wildman–Crippen LogP) is 4.87. The lowest BCUT2D eigenvalue weighted by atomic mass is 9.90. The molecule has 32 heavy (non-hydrogen) atoms. The lowest BCUT2D eigenvalue weighted by molar-refractivity contribution is 0.466. The van der Waals surface area contributed by atoms with Gasteiger partial charge >= 0.3 is 0 Å². The molecule has 1 unspecified atom stereocenters. The number of thiophene rings is 1. The molecule has 1 aromatic carbocycles. The molecule has 8 nitrogen and oxygen atoms in total. The zero-order valence-electron chi connectivity index (χ0n) is 17.2. The van der Waals surface area contributed by atoms with Gasteiger partial charge in [0.1, 0.15) is 11.6 Å². The maximum absolute atomic E-state index is 13.1. The topological polar surface area (TPSA) is 116 Å². The van der Waals surface area contributed by atoms with Gasteiger partial charge in [-0.1, -0.05) is 18.7 Å². The molecular formula is C21H20FN7OS2. The second kappa shape index (κ2) is 8.83. The highest BCUT2D eigenvalue weighted by molar-refractivity contribution is 7.98. The van der Waals surface area contributed by atoms with Crippen LogP contribution in [0.3, 0.4) is 0 Å². The molecule has 1 aliphatic rings. The van der Waals surface area contributed by atoms with Crippen LogP contribution in [0.1, 0.15) is 29.6 Å². The normalized spacial score (nSPS) is 15.5. The number of halogens is 1. The summed E-state index contributed by atoms with van der Waals surface area (Å²) in [5.74, 6) is 2.15. The molecule has 1 atom stereocenters. The van der Waals surface area contributed by atoms with Gasteiger partial charge in [-0.05, 0) is 61.1 Å². The summed E-state index contributed by atoms with van der Waals surface area (Å²) in [6.07, 6.45) is 3.45. The van der Waals surface area contributed by atoms with E-state index < -0.39 is 0 Å². The summed E-state index contributed by atoms with van der Waals surface area (Å²) >= 11 is 3.07. The molecule has 0 radical (unpaired) electrons. The summed E-state index contributed by atoms with van der Waals surface area (Å²) < 4.78 is 19.0. The van der Waals surface area contributed by atoms with Crippen molar-refractivity contribution in [1.29, 1.82) is 0 Å². The fourth-order valence-corrected chi connectivity index (χ4v) is 5.27. The quantitative estimate of drug-likeness (QED) is 0.382. The smallest absolute Gasteiger partial charge is 0.277 e. The minimum Gasteiger partial charge on any atom is -0.410 e. The summed E-state index contributed by atoms with van der Waals surface area (Å²) in [4.78, 5) is 15.0. The molecule has 3 N–H and O–H groups in total. The highest BCUT2D eigenvalue weighted by atomic mass is 32.2. The largest absolute Gasteiger partial charge is 0.410 e. The first kappa shape index (κ1) is 20.8. The Balaban J connectivity index is 1.26. The summed E-state index contributed by atoms with van der Waals surface area (Å²) in [6, 6.07) is 8.06. The van der Waals surface area contributed by atoms with Crippen LogP contribution < -0.4 is 11.1 Å². The van der Waals surface area contributed by atoms with Crippen LogP contribution in [-0.4, -0.2) is 25.1 Å². The molecule has 0 aliphatic heterocycles. The minimum atomic E-state index is -0.320. The SMILES string of the molecule is CC1CCc2sc(-c3nnc(SCc4nc(N)nc(Nc5ccc(F)cc5)n4)o3)cc2C1. The molecule has 164 valence electrons. The standard InChI is InChI=1S/C21H20FN7OS2/c1-11-2-7-15-12(8-11)9-16(32-15)18-28-29-21(30-18)31-10-17-25-19(23)27-20(26-17)24-14-5-3-13(22)4-6-14/h3-6,9,11H,2,7-8,10H2,1H3,(H3,23,24,25,26,27). The number of hydrogen-bond acceptors (Lipinski definition) is 10. The zero-order chi connectivity index (χ0) is 22.1. The Morgan fingerprint density at radius 3 is 2.91 bits per heavy atom. The Bertz CT molecular complexity index is 1240. The van der Waals surface area contributed by atoms with Crippen molar-refractivity contribution in [3.05, 3.63) is 52.4 Å². The van der Waals surface area contributed by atoms with Crippen molar-refractivity contribution >= 4 is 40.7 Å². The predicted molar refractivity (Wildman–Crippen MR) is 122 cm³/mol. The molecule has 0 spiro atoms. The van der Waals surface area contributed by atoms with E-state index in [1.807, 2.05) is 0 Å².